The summed E-state index contributed by atoms with van der Waals surface area (Å²) in [5.74, 6) is 3.61. The molecular formula is C27H33O6PS. The Morgan fingerprint density at radius 2 is 1.14 bits per heavy atom. The maximum atomic E-state index is 6.25. The number of methoxy groups -OCH3 is 5. The molecule has 0 amide bonds. The first-order valence-electron chi connectivity index (χ1n) is 11.1. The third-order valence-electron chi connectivity index (χ3n) is 5.13. The molecule has 0 fully saturated rings. The summed E-state index contributed by atoms with van der Waals surface area (Å²) in [7, 11) is 6.95. The Labute approximate surface area is 213 Å². The Morgan fingerprint density at radius 3 is 1.54 bits per heavy atom. The average molecular weight is 517 g/mol. The molecule has 35 heavy (non-hydrogen) atoms. The molecule has 8 heteroatoms. The lowest BCUT2D eigenvalue weighted by atomic mass is 10.3. The first-order valence-corrected chi connectivity index (χ1v) is 13.4. The van der Waals surface area contributed by atoms with Crippen molar-refractivity contribution in [3.8, 4) is 28.7 Å². The highest BCUT2D eigenvalue weighted by Gasteiger charge is 2.33. The van der Waals surface area contributed by atoms with Crippen LogP contribution in [0.1, 0.15) is 13.8 Å². The molecule has 0 unspecified atom stereocenters. The van der Waals surface area contributed by atoms with Gasteiger partial charge in [-0.15, -0.1) is 11.8 Å². The van der Waals surface area contributed by atoms with Gasteiger partial charge in [-0.25, -0.2) is 0 Å². The Morgan fingerprint density at radius 1 is 0.686 bits per heavy atom. The van der Waals surface area contributed by atoms with E-state index in [1.807, 2.05) is 36.4 Å². The molecule has 0 heterocycles. The van der Waals surface area contributed by atoms with Crippen LogP contribution >= 0.6 is 19.7 Å². The van der Waals surface area contributed by atoms with Crippen LogP contribution in [0.2, 0.25) is 0 Å². The van der Waals surface area contributed by atoms with Crippen LogP contribution in [0.15, 0.2) is 59.5 Å². The molecule has 6 nitrogen and oxygen atoms in total. The largest absolute Gasteiger partial charge is 0.496 e. The molecule has 0 aliphatic carbocycles. The van der Waals surface area contributed by atoms with Crippen LogP contribution in [-0.2, 0) is 4.74 Å². The molecule has 0 spiro atoms. The third kappa shape index (κ3) is 5.97. The third-order valence-corrected chi connectivity index (χ3v) is 8.79. The van der Waals surface area contributed by atoms with E-state index in [0.29, 0.717) is 28.2 Å². The van der Waals surface area contributed by atoms with Crippen molar-refractivity contribution in [2.24, 2.45) is 0 Å². The molecule has 3 aromatic rings. The topological polar surface area (TPSA) is 55.4 Å². The van der Waals surface area contributed by atoms with Crippen LogP contribution in [0.25, 0.3) is 0 Å². The zero-order valence-electron chi connectivity index (χ0n) is 21.3. The maximum Gasteiger partial charge on any atom is 0.188 e. The molecule has 0 bridgehead atoms. The fraction of sp³-hybridized carbons (Fsp3) is 0.333. The smallest absolute Gasteiger partial charge is 0.188 e. The van der Waals surface area contributed by atoms with Crippen LogP contribution in [0.3, 0.4) is 0 Å². The molecule has 0 aliphatic rings. The predicted octanol–water partition coefficient (Wildman–Crippen LogP) is 4.96. The van der Waals surface area contributed by atoms with Gasteiger partial charge in [0.25, 0.3) is 0 Å². The first kappa shape index (κ1) is 27.0. The summed E-state index contributed by atoms with van der Waals surface area (Å²) in [4.78, 5) is 1.03. The summed E-state index contributed by atoms with van der Waals surface area (Å²) in [6, 6.07) is 17.8. The van der Waals surface area contributed by atoms with Crippen molar-refractivity contribution in [2.75, 3.05) is 42.3 Å². The van der Waals surface area contributed by atoms with E-state index >= 15 is 0 Å². The fourth-order valence-corrected chi connectivity index (χ4v) is 7.64. The summed E-state index contributed by atoms with van der Waals surface area (Å²) >= 11 is 1.74. The summed E-state index contributed by atoms with van der Waals surface area (Å²) in [5.41, 5.74) is 0. The molecule has 0 atom stereocenters. The summed E-state index contributed by atoms with van der Waals surface area (Å²) < 4.78 is 35.0. The number of benzene rings is 3. The lowest BCUT2D eigenvalue weighted by Crippen LogP contribution is -2.27. The summed E-state index contributed by atoms with van der Waals surface area (Å²) in [6.45, 7) is 4.44. The van der Waals surface area contributed by atoms with Crippen LogP contribution in [0, 0.1) is 0 Å². The van der Waals surface area contributed by atoms with E-state index < -0.39 is 7.92 Å². The van der Waals surface area contributed by atoms with Crippen molar-refractivity contribution in [1.82, 2.24) is 0 Å². The highest BCUT2D eigenvalue weighted by Crippen LogP contribution is 2.49. The number of para-hydroxylation sites is 1. The minimum absolute atomic E-state index is 0.123. The molecule has 0 saturated heterocycles. The van der Waals surface area contributed by atoms with Crippen molar-refractivity contribution in [1.29, 1.82) is 0 Å². The molecule has 188 valence electrons. The first-order chi connectivity index (χ1) is 17.0. The van der Waals surface area contributed by atoms with E-state index in [0.717, 1.165) is 26.6 Å². The number of rotatable bonds is 12. The van der Waals surface area contributed by atoms with Crippen molar-refractivity contribution >= 4 is 35.6 Å². The van der Waals surface area contributed by atoms with E-state index in [2.05, 4.69) is 32.0 Å². The van der Waals surface area contributed by atoms with E-state index in [-0.39, 0.29) is 6.79 Å². The number of hydrogen-bond acceptors (Lipinski definition) is 7. The van der Waals surface area contributed by atoms with Gasteiger partial charge in [0.05, 0.1) is 43.9 Å². The Balaban J connectivity index is 2.46. The van der Waals surface area contributed by atoms with E-state index in [9.17, 15) is 0 Å². The SMILES string of the molecule is COCOc1c(SC(C)C)cccc1P(c1c(OC)cccc1OC)c1c(OC)cccc1OC. The van der Waals surface area contributed by atoms with Gasteiger partial charge in [-0.1, -0.05) is 38.1 Å². The number of hydrogen-bond donors (Lipinski definition) is 0. The maximum absolute atomic E-state index is 6.25. The van der Waals surface area contributed by atoms with Crippen LogP contribution < -0.4 is 39.6 Å². The second-order valence-corrected chi connectivity index (χ2v) is 11.3. The van der Waals surface area contributed by atoms with Gasteiger partial charge in [-0.3, -0.25) is 0 Å². The van der Waals surface area contributed by atoms with Crippen molar-refractivity contribution in [3.05, 3.63) is 54.6 Å². The molecule has 0 radical (unpaired) electrons. The standard InChI is InChI=1S/C27H33O6PS/c1-18(2)35-24-16-10-15-23(25(24)33-17-28-3)34(26-19(29-4)11-8-12-20(26)30-5)27-21(31-6)13-9-14-22(27)32-7/h8-16,18H,17H2,1-7H3. The van der Waals surface area contributed by atoms with E-state index in [1.165, 1.54) is 0 Å². The predicted molar refractivity (Wildman–Crippen MR) is 145 cm³/mol. The lowest BCUT2D eigenvalue weighted by molar-refractivity contribution is 0.0499. The van der Waals surface area contributed by atoms with Gasteiger partial charge in [0, 0.05) is 25.6 Å². The quantitative estimate of drug-likeness (QED) is 0.192. The van der Waals surface area contributed by atoms with Gasteiger partial charge < -0.3 is 28.4 Å². The van der Waals surface area contributed by atoms with Crippen LogP contribution in [-0.4, -0.2) is 47.6 Å². The van der Waals surface area contributed by atoms with Crippen molar-refractivity contribution < 1.29 is 28.4 Å². The molecule has 0 saturated carbocycles. The minimum atomic E-state index is -1.32. The van der Waals surface area contributed by atoms with Gasteiger partial charge in [-0.2, -0.15) is 0 Å². The molecular weight excluding hydrogens is 483 g/mol. The van der Waals surface area contributed by atoms with Gasteiger partial charge in [0.1, 0.15) is 28.7 Å². The highest BCUT2D eigenvalue weighted by molar-refractivity contribution is 8.00. The molecule has 0 N–H and O–H groups in total. The summed E-state index contributed by atoms with van der Waals surface area (Å²) in [5, 5.41) is 3.16. The van der Waals surface area contributed by atoms with Gasteiger partial charge >= 0.3 is 0 Å². The fourth-order valence-electron chi connectivity index (χ4n) is 3.75. The summed E-state index contributed by atoms with van der Waals surface area (Å²) in [6.07, 6.45) is 0. The molecule has 3 aromatic carbocycles. The lowest BCUT2D eigenvalue weighted by Gasteiger charge is -2.28. The Hall–Kier alpha value is -2.60. The number of ether oxygens (including phenoxy) is 6. The van der Waals surface area contributed by atoms with Crippen molar-refractivity contribution in [3.63, 3.8) is 0 Å². The van der Waals surface area contributed by atoms with Crippen LogP contribution in [0.4, 0.5) is 0 Å². The monoisotopic (exact) mass is 516 g/mol. The van der Waals surface area contributed by atoms with Gasteiger partial charge in [0.2, 0.25) is 0 Å². The van der Waals surface area contributed by atoms with Crippen LogP contribution in [0.5, 0.6) is 28.7 Å². The van der Waals surface area contributed by atoms with Crippen molar-refractivity contribution in [2.45, 2.75) is 24.0 Å². The average Bonchev–Trinajstić information content (AvgIpc) is 2.88. The van der Waals surface area contributed by atoms with E-state index in [4.69, 9.17) is 28.4 Å². The second kappa shape index (κ2) is 12.9. The zero-order chi connectivity index (χ0) is 25.4. The molecule has 3 rings (SSSR count). The van der Waals surface area contributed by atoms with E-state index in [1.54, 1.807) is 47.3 Å². The second-order valence-electron chi connectivity index (χ2n) is 7.68. The molecule has 0 aliphatic heterocycles. The zero-order valence-corrected chi connectivity index (χ0v) is 23.0. The Bertz CT molecular complexity index is 1020. The van der Waals surface area contributed by atoms with Gasteiger partial charge in [0.15, 0.2) is 6.79 Å². The Kier molecular flexibility index (Phi) is 9.96. The number of thioether (sulfide) groups is 1. The molecule has 0 aromatic heterocycles. The normalized spacial score (nSPS) is 11.0. The minimum Gasteiger partial charge on any atom is -0.496 e. The highest BCUT2D eigenvalue weighted by atomic mass is 32.2. The van der Waals surface area contributed by atoms with Gasteiger partial charge in [-0.05, 0) is 30.3 Å².